The fourth-order valence-corrected chi connectivity index (χ4v) is 0.952. The standard InChI is InChI=1S/C10H16.C4H2O3/c1-5-10(4)8-6-7-9(2)3;5-3-1-2-4(6)7-3/h5,7H,1,4,6,8H2,2-3H3;1-2H. The topological polar surface area (TPSA) is 43.4 Å². The van der Waals surface area contributed by atoms with Crippen molar-refractivity contribution in [1.29, 1.82) is 0 Å². The summed E-state index contributed by atoms with van der Waals surface area (Å²) in [4.78, 5) is 19.8. The molecule has 0 atom stereocenters. The first-order chi connectivity index (χ1) is 7.95. The normalized spacial score (nSPS) is 12.4. The number of rotatable bonds is 4. The zero-order valence-electron chi connectivity index (χ0n) is 10.4. The van der Waals surface area contributed by atoms with Crippen molar-refractivity contribution in [2.75, 3.05) is 0 Å². The average Bonchev–Trinajstić information content (AvgIpc) is 2.62. The van der Waals surface area contributed by atoms with Gasteiger partial charge < -0.3 is 4.74 Å². The van der Waals surface area contributed by atoms with E-state index >= 15 is 0 Å². The quantitative estimate of drug-likeness (QED) is 0.325. The van der Waals surface area contributed by atoms with Gasteiger partial charge in [0.05, 0.1) is 0 Å². The van der Waals surface area contributed by atoms with E-state index in [0.717, 1.165) is 30.6 Å². The van der Waals surface area contributed by atoms with E-state index in [0.29, 0.717) is 0 Å². The van der Waals surface area contributed by atoms with E-state index < -0.39 is 11.9 Å². The van der Waals surface area contributed by atoms with E-state index in [9.17, 15) is 9.59 Å². The van der Waals surface area contributed by atoms with E-state index in [1.807, 2.05) is 6.08 Å². The second kappa shape index (κ2) is 8.28. The molecule has 1 heterocycles. The first-order valence-electron chi connectivity index (χ1n) is 5.33. The predicted molar refractivity (Wildman–Crippen MR) is 68.2 cm³/mol. The van der Waals surface area contributed by atoms with Gasteiger partial charge >= 0.3 is 11.9 Å². The highest BCUT2D eigenvalue weighted by atomic mass is 16.6. The number of carbonyl (C=O) groups is 2. The molecule has 0 aromatic carbocycles. The molecule has 17 heavy (non-hydrogen) atoms. The number of carbonyl (C=O) groups excluding carboxylic acids is 2. The van der Waals surface area contributed by atoms with Crippen LogP contribution in [0.15, 0.2) is 48.6 Å². The zero-order chi connectivity index (χ0) is 13.3. The number of esters is 2. The van der Waals surface area contributed by atoms with Crippen LogP contribution < -0.4 is 0 Å². The molecule has 0 N–H and O–H groups in total. The summed E-state index contributed by atoms with van der Waals surface area (Å²) < 4.78 is 3.97. The van der Waals surface area contributed by atoms with E-state index in [4.69, 9.17) is 0 Å². The summed E-state index contributed by atoms with van der Waals surface area (Å²) in [5.41, 5.74) is 2.49. The van der Waals surface area contributed by atoms with Gasteiger partial charge in [0.2, 0.25) is 0 Å². The number of hydrogen-bond acceptors (Lipinski definition) is 3. The summed E-state index contributed by atoms with van der Waals surface area (Å²) in [6.07, 6.45) is 8.33. The molecule has 0 bridgehead atoms. The van der Waals surface area contributed by atoms with Gasteiger partial charge in [-0.1, -0.05) is 36.5 Å². The lowest BCUT2D eigenvalue weighted by Crippen LogP contribution is -1.96. The molecular formula is C14H18O3. The minimum absolute atomic E-state index is 0.579. The Bertz CT molecular complexity index is 353. The second-order valence-electron chi connectivity index (χ2n) is 3.76. The lowest BCUT2D eigenvalue weighted by atomic mass is 10.1. The van der Waals surface area contributed by atoms with Crippen LogP contribution in [0.4, 0.5) is 0 Å². The molecule has 0 spiro atoms. The summed E-state index contributed by atoms with van der Waals surface area (Å²) in [5.74, 6) is -1.16. The number of cyclic esters (lactones) is 2. The third-order valence-electron chi connectivity index (χ3n) is 1.86. The first-order valence-corrected chi connectivity index (χ1v) is 5.33. The average molecular weight is 234 g/mol. The Kier molecular flexibility index (Phi) is 7.35. The maximum atomic E-state index is 9.92. The molecule has 0 fully saturated rings. The van der Waals surface area contributed by atoms with E-state index in [1.54, 1.807) is 0 Å². The highest BCUT2D eigenvalue weighted by Crippen LogP contribution is 2.05. The molecule has 0 unspecified atom stereocenters. The Labute approximate surface area is 102 Å². The fourth-order valence-electron chi connectivity index (χ4n) is 0.952. The van der Waals surface area contributed by atoms with Crippen molar-refractivity contribution in [2.24, 2.45) is 0 Å². The van der Waals surface area contributed by atoms with Crippen LogP contribution in [0, 0.1) is 0 Å². The molecule has 0 aliphatic carbocycles. The first kappa shape index (κ1) is 15.1. The Morgan fingerprint density at radius 1 is 1.29 bits per heavy atom. The molecule has 1 rings (SSSR count). The van der Waals surface area contributed by atoms with Crippen LogP contribution in [0.2, 0.25) is 0 Å². The fraction of sp³-hybridized carbons (Fsp3) is 0.286. The van der Waals surface area contributed by atoms with E-state index in [1.165, 1.54) is 5.57 Å². The molecule has 3 heteroatoms. The smallest absolute Gasteiger partial charge is 0.338 e. The van der Waals surface area contributed by atoms with Gasteiger partial charge in [-0.2, -0.15) is 0 Å². The predicted octanol–water partition coefficient (Wildman–Crippen LogP) is 3.10. The van der Waals surface area contributed by atoms with E-state index in [-0.39, 0.29) is 0 Å². The largest absolute Gasteiger partial charge is 0.387 e. The Morgan fingerprint density at radius 3 is 2.12 bits per heavy atom. The molecular weight excluding hydrogens is 216 g/mol. The van der Waals surface area contributed by atoms with Gasteiger partial charge in [0.1, 0.15) is 0 Å². The SMILES string of the molecule is C=CC(=C)CCC=C(C)C.O=C1C=CC(=O)O1. The molecule has 0 amide bonds. The summed E-state index contributed by atoms with van der Waals surface area (Å²) in [6, 6.07) is 0. The molecule has 92 valence electrons. The summed E-state index contributed by atoms with van der Waals surface area (Å²) >= 11 is 0. The molecule has 0 aromatic heterocycles. The Morgan fingerprint density at radius 2 is 1.82 bits per heavy atom. The molecule has 1 aliphatic rings. The Hall–Kier alpha value is -1.90. The van der Waals surface area contributed by atoms with Crippen LogP contribution in [-0.2, 0) is 14.3 Å². The molecule has 0 radical (unpaired) electrons. The van der Waals surface area contributed by atoms with Gasteiger partial charge in [0, 0.05) is 12.2 Å². The van der Waals surface area contributed by atoms with Gasteiger partial charge in [0.15, 0.2) is 0 Å². The zero-order valence-corrected chi connectivity index (χ0v) is 10.4. The van der Waals surface area contributed by atoms with Crippen LogP contribution in [0.3, 0.4) is 0 Å². The number of hydrogen-bond donors (Lipinski definition) is 0. The van der Waals surface area contributed by atoms with Gasteiger partial charge in [-0.05, 0) is 26.7 Å². The van der Waals surface area contributed by atoms with Crippen LogP contribution in [-0.4, -0.2) is 11.9 Å². The highest BCUT2D eigenvalue weighted by molar-refractivity contribution is 6.04. The van der Waals surface area contributed by atoms with Crippen LogP contribution in [0.5, 0.6) is 0 Å². The third-order valence-corrected chi connectivity index (χ3v) is 1.86. The lowest BCUT2D eigenvalue weighted by molar-refractivity contribution is -0.150. The van der Waals surface area contributed by atoms with Crippen molar-refractivity contribution in [3.63, 3.8) is 0 Å². The highest BCUT2D eigenvalue weighted by Gasteiger charge is 2.10. The van der Waals surface area contributed by atoms with Crippen molar-refractivity contribution < 1.29 is 14.3 Å². The van der Waals surface area contributed by atoms with Gasteiger partial charge in [-0.25, -0.2) is 9.59 Å². The number of ether oxygens (including phenoxy) is 1. The Balaban J connectivity index is 0.000000318. The summed E-state index contributed by atoms with van der Waals surface area (Å²) in [6.45, 7) is 11.7. The van der Waals surface area contributed by atoms with Crippen LogP contribution >= 0.6 is 0 Å². The molecule has 3 nitrogen and oxygen atoms in total. The molecule has 0 saturated carbocycles. The maximum Gasteiger partial charge on any atom is 0.338 e. The number of allylic oxidation sites excluding steroid dienone is 4. The molecule has 0 aromatic rings. The minimum Gasteiger partial charge on any atom is -0.387 e. The molecule has 0 saturated heterocycles. The van der Waals surface area contributed by atoms with Gasteiger partial charge in [0.25, 0.3) is 0 Å². The van der Waals surface area contributed by atoms with Gasteiger partial charge in [-0.3, -0.25) is 0 Å². The summed E-state index contributed by atoms with van der Waals surface area (Å²) in [7, 11) is 0. The van der Waals surface area contributed by atoms with Crippen molar-refractivity contribution in [3.8, 4) is 0 Å². The maximum absolute atomic E-state index is 9.92. The third kappa shape index (κ3) is 9.05. The molecule has 1 aliphatic heterocycles. The van der Waals surface area contributed by atoms with Gasteiger partial charge in [-0.15, -0.1) is 0 Å². The summed E-state index contributed by atoms with van der Waals surface area (Å²) in [5, 5.41) is 0. The van der Waals surface area contributed by atoms with Crippen molar-refractivity contribution in [3.05, 3.63) is 48.6 Å². The van der Waals surface area contributed by atoms with E-state index in [2.05, 4.69) is 37.8 Å². The lowest BCUT2D eigenvalue weighted by Gasteiger charge is -1.94. The van der Waals surface area contributed by atoms with Crippen molar-refractivity contribution in [2.45, 2.75) is 26.7 Å². The van der Waals surface area contributed by atoms with Crippen molar-refractivity contribution >= 4 is 11.9 Å². The van der Waals surface area contributed by atoms with Crippen molar-refractivity contribution in [1.82, 2.24) is 0 Å². The monoisotopic (exact) mass is 234 g/mol. The minimum atomic E-state index is -0.579. The second-order valence-corrected chi connectivity index (χ2v) is 3.76. The van der Waals surface area contributed by atoms with Crippen LogP contribution in [0.25, 0.3) is 0 Å². The van der Waals surface area contributed by atoms with Crippen LogP contribution in [0.1, 0.15) is 26.7 Å².